The largest absolute Gasteiger partial charge is 0.481 e. The molecule has 4 N–H and O–H groups in total. The summed E-state index contributed by atoms with van der Waals surface area (Å²) in [6.45, 7) is 3.98. The molecule has 6 heteroatoms. The molecule has 20 heavy (non-hydrogen) atoms. The maximum Gasteiger partial charge on any atom is 0.308 e. The van der Waals surface area contributed by atoms with Crippen molar-refractivity contribution < 1.29 is 19.1 Å². The fourth-order valence-corrected chi connectivity index (χ4v) is 1.89. The van der Waals surface area contributed by atoms with Crippen molar-refractivity contribution in [2.75, 3.05) is 11.9 Å². The third-order valence-corrected chi connectivity index (χ3v) is 2.90. The molecule has 1 atom stereocenters. The van der Waals surface area contributed by atoms with E-state index in [1.807, 2.05) is 13.8 Å². The van der Waals surface area contributed by atoms with Crippen LogP contribution < -0.4 is 11.1 Å². The highest BCUT2D eigenvalue weighted by atomic mass is 19.1. The van der Waals surface area contributed by atoms with Gasteiger partial charge in [-0.25, -0.2) is 4.39 Å². The highest BCUT2D eigenvalue weighted by molar-refractivity contribution is 5.93. The fourth-order valence-electron chi connectivity index (χ4n) is 1.89. The zero-order valence-electron chi connectivity index (χ0n) is 11.5. The van der Waals surface area contributed by atoms with Crippen LogP contribution in [-0.2, 0) is 4.79 Å². The number of anilines is 1. The minimum Gasteiger partial charge on any atom is -0.481 e. The van der Waals surface area contributed by atoms with Crippen molar-refractivity contribution in [1.82, 2.24) is 0 Å². The summed E-state index contributed by atoms with van der Waals surface area (Å²) in [6.07, 6.45) is 0.503. The molecule has 1 rings (SSSR count). The van der Waals surface area contributed by atoms with E-state index in [4.69, 9.17) is 10.8 Å². The topological polar surface area (TPSA) is 92.4 Å². The van der Waals surface area contributed by atoms with Crippen LogP contribution in [0.1, 0.15) is 30.6 Å². The molecule has 110 valence electrons. The predicted octanol–water partition coefficient (Wildman–Crippen LogP) is 2.08. The number of amides is 1. The van der Waals surface area contributed by atoms with Crippen molar-refractivity contribution in [3.8, 4) is 0 Å². The highest BCUT2D eigenvalue weighted by Gasteiger charge is 2.19. The summed E-state index contributed by atoms with van der Waals surface area (Å²) in [5, 5.41) is 11.8. The number of rotatable bonds is 7. The third kappa shape index (κ3) is 4.53. The highest BCUT2D eigenvalue weighted by Crippen LogP contribution is 2.18. The zero-order chi connectivity index (χ0) is 15.3. The number of nitrogens with two attached hydrogens (primary N) is 1. The van der Waals surface area contributed by atoms with Crippen LogP contribution in [0.2, 0.25) is 0 Å². The van der Waals surface area contributed by atoms with Gasteiger partial charge in [0.05, 0.1) is 11.6 Å². The first-order chi connectivity index (χ1) is 9.31. The van der Waals surface area contributed by atoms with Gasteiger partial charge in [-0.1, -0.05) is 13.8 Å². The van der Waals surface area contributed by atoms with E-state index in [9.17, 15) is 14.0 Å². The lowest BCUT2D eigenvalue weighted by Gasteiger charge is -2.16. The maximum atomic E-state index is 13.7. The summed E-state index contributed by atoms with van der Waals surface area (Å²) < 4.78 is 13.7. The van der Waals surface area contributed by atoms with Gasteiger partial charge in [0.2, 0.25) is 5.91 Å². The molecule has 0 spiro atoms. The number of hydrogen-bond donors (Lipinski definition) is 3. The van der Waals surface area contributed by atoms with Crippen LogP contribution in [-0.4, -0.2) is 23.5 Å². The Balaban J connectivity index is 2.73. The number of carboxylic acid groups (broad SMARTS) is 1. The second kappa shape index (κ2) is 6.88. The maximum absolute atomic E-state index is 13.7. The fraction of sp³-hybridized carbons (Fsp3) is 0.429. The second-order valence-electron chi connectivity index (χ2n) is 5.10. The Hall–Kier alpha value is -2.11. The molecule has 0 heterocycles. The Kier molecular flexibility index (Phi) is 5.49. The molecular weight excluding hydrogens is 263 g/mol. The van der Waals surface area contributed by atoms with Crippen LogP contribution in [0.25, 0.3) is 0 Å². The van der Waals surface area contributed by atoms with Crippen molar-refractivity contribution in [2.45, 2.75) is 20.3 Å². The van der Waals surface area contributed by atoms with Gasteiger partial charge in [-0.15, -0.1) is 0 Å². The van der Waals surface area contributed by atoms with Gasteiger partial charge in [-0.3, -0.25) is 9.59 Å². The minimum absolute atomic E-state index is 0.0741. The van der Waals surface area contributed by atoms with Crippen molar-refractivity contribution in [3.63, 3.8) is 0 Å². The molecule has 0 aliphatic heterocycles. The summed E-state index contributed by atoms with van der Waals surface area (Å²) in [5.41, 5.74) is 5.28. The van der Waals surface area contributed by atoms with Crippen LogP contribution in [0.4, 0.5) is 10.1 Å². The lowest BCUT2D eigenvalue weighted by atomic mass is 9.97. The van der Waals surface area contributed by atoms with Gasteiger partial charge in [-0.2, -0.15) is 0 Å². The Morgan fingerprint density at radius 3 is 2.50 bits per heavy atom. The normalized spacial score (nSPS) is 12.2. The molecule has 0 saturated heterocycles. The standard InChI is InChI=1S/C14H19FN2O3/c1-8(2)5-10(14(19)20)7-17-12-4-3-9(13(16)18)6-11(12)15/h3-4,6,8,10,17H,5,7H2,1-2H3,(H2,16,18)(H,19,20). The van der Waals surface area contributed by atoms with Crippen LogP contribution >= 0.6 is 0 Å². The van der Waals surface area contributed by atoms with Gasteiger partial charge < -0.3 is 16.2 Å². The average Bonchev–Trinajstić information content (AvgIpc) is 2.34. The molecule has 0 aliphatic carbocycles. The monoisotopic (exact) mass is 282 g/mol. The van der Waals surface area contributed by atoms with Crippen molar-refractivity contribution >= 4 is 17.6 Å². The molecule has 1 aromatic carbocycles. The Morgan fingerprint density at radius 1 is 1.40 bits per heavy atom. The van der Waals surface area contributed by atoms with Crippen molar-refractivity contribution in [3.05, 3.63) is 29.6 Å². The van der Waals surface area contributed by atoms with Gasteiger partial charge in [-0.05, 0) is 30.5 Å². The van der Waals surface area contributed by atoms with Crippen LogP contribution in [0, 0.1) is 17.7 Å². The molecule has 1 amide bonds. The SMILES string of the molecule is CC(C)CC(CNc1ccc(C(N)=O)cc1F)C(=O)O. The summed E-state index contributed by atoms with van der Waals surface area (Å²) in [7, 11) is 0. The molecule has 0 bridgehead atoms. The van der Waals surface area contributed by atoms with E-state index in [1.165, 1.54) is 12.1 Å². The molecule has 5 nitrogen and oxygen atoms in total. The van der Waals surface area contributed by atoms with Gasteiger partial charge in [0.15, 0.2) is 0 Å². The second-order valence-corrected chi connectivity index (χ2v) is 5.10. The number of primary amides is 1. The van der Waals surface area contributed by atoms with E-state index in [2.05, 4.69) is 5.32 Å². The number of halogens is 1. The predicted molar refractivity (Wildman–Crippen MR) is 74.0 cm³/mol. The van der Waals surface area contributed by atoms with E-state index in [0.717, 1.165) is 6.07 Å². The lowest BCUT2D eigenvalue weighted by molar-refractivity contribution is -0.141. The number of benzene rings is 1. The molecule has 1 aromatic rings. The smallest absolute Gasteiger partial charge is 0.308 e. The van der Waals surface area contributed by atoms with Crippen molar-refractivity contribution in [2.24, 2.45) is 17.6 Å². The Labute approximate surface area is 117 Å². The van der Waals surface area contributed by atoms with Crippen LogP contribution in [0.5, 0.6) is 0 Å². The first-order valence-electron chi connectivity index (χ1n) is 6.37. The van der Waals surface area contributed by atoms with Crippen LogP contribution in [0.15, 0.2) is 18.2 Å². The van der Waals surface area contributed by atoms with Crippen molar-refractivity contribution in [1.29, 1.82) is 0 Å². The van der Waals surface area contributed by atoms with Gasteiger partial charge in [0, 0.05) is 12.1 Å². The molecular formula is C14H19FN2O3. The van der Waals surface area contributed by atoms with E-state index in [1.54, 1.807) is 0 Å². The molecule has 0 aromatic heterocycles. The molecule has 0 saturated carbocycles. The molecule has 0 aliphatic rings. The van der Waals surface area contributed by atoms with E-state index in [-0.39, 0.29) is 23.7 Å². The first kappa shape index (κ1) is 15.9. The average molecular weight is 282 g/mol. The Morgan fingerprint density at radius 2 is 2.05 bits per heavy atom. The quantitative estimate of drug-likeness (QED) is 0.714. The Bertz CT molecular complexity index is 503. The van der Waals surface area contributed by atoms with Gasteiger partial charge >= 0.3 is 5.97 Å². The number of carbonyl (C=O) groups excluding carboxylic acids is 1. The van der Waals surface area contributed by atoms with E-state index < -0.39 is 23.6 Å². The first-order valence-corrected chi connectivity index (χ1v) is 6.37. The molecule has 1 unspecified atom stereocenters. The molecule has 0 fully saturated rings. The number of carbonyl (C=O) groups is 2. The summed E-state index contributed by atoms with van der Waals surface area (Å²) >= 11 is 0. The van der Waals surface area contributed by atoms with E-state index >= 15 is 0 Å². The van der Waals surface area contributed by atoms with Gasteiger partial charge in [0.1, 0.15) is 5.82 Å². The van der Waals surface area contributed by atoms with Gasteiger partial charge in [0.25, 0.3) is 0 Å². The minimum atomic E-state index is -0.916. The van der Waals surface area contributed by atoms with E-state index in [0.29, 0.717) is 6.42 Å². The number of hydrogen-bond acceptors (Lipinski definition) is 3. The number of carboxylic acids is 1. The number of nitrogens with one attached hydrogen (secondary N) is 1. The lowest BCUT2D eigenvalue weighted by Crippen LogP contribution is -2.24. The third-order valence-electron chi connectivity index (χ3n) is 2.90. The summed E-state index contributed by atoms with van der Waals surface area (Å²) in [4.78, 5) is 22.0. The number of aliphatic carboxylic acids is 1. The zero-order valence-corrected chi connectivity index (χ0v) is 11.5. The van der Waals surface area contributed by atoms with Crippen LogP contribution in [0.3, 0.4) is 0 Å². The molecule has 0 radical (unpaired) electrons. The summed E-state index contributed by atoms with van der Waals surface area (Å²) in [5.74, 6) is -2.61. The summed E-state index contributed by atoms with van der Waals surface area (Å²) in [6, 6.07) is 3.80.